The lowest BCUT2D eigenvalue weighted by Gasteiger charge is -2.20. The van der Waals surface area contributed by atoms with Gasteiger partial charge in [0.05, 0.1) is 6.10 Å². The van der Waals surface area contributed by atoms with E-state index in [0.717, 1.165) is 24.2 Å². The van der Waals surface area contributed by atoms with Gasteiger partial charge in [0.25, 0.3) is 0 Å². The van der Waals surface area contributed by atoms with Crippen LogP contribution in [0.3, 0.4) is 0 Å². The largest absolute Gasteiger partial charge is 0.392 e. The van der Waals surface area contributed by atoms with Crippen molar-refractivity contribution in [2.24, 2.45) is 0 Å². The van der Waals surface area contributed by atoms with Crippen LogP contribution in [-0.2, 0) is 4.79 Å². The van der Waals surface area contributed by atoms with Crippen molar-refractivity contribution in [1.82, 2.24) is 5.32 Å². The van der Waals surface area contributed by atoms with E-state index in [-0.39, 0.29) is 18.1 Å². The molecule has 2 atom stereocenters. The van der Waals surface area contributed by atoms with Gasteiger partial charge in [0.2, 0.25) is 5.91 Å². The molecule has 1 fully saturated rings. The van der Waals surface area contributed by atoms with E-state index in [1.54, 1.807) is 6.92 Å². The van der Waals surface area contributed by atoms with Crippen LogP contribution in [0, 0.1) is 0 Å². The van der Waals surface area contributed by atoms with Crippen LogP contribution in [0.15, 0.2) is 24.3 Å². The fourth-order valence-corrected chi connectivity index (χ4v) is 2.35. The molecular formula is C15H22N2O2. The summed E-state index contributed by atoms with van der Waals surface area (Å²) in [6, 6.07) is 8.23. The standard InChI is InChI=1S/C15H22N2O2/c1-11(18)10-16-12(2)13-5-3-6-14(9-13)17-8-4-7-15(17)19/h3,5-6,9,11-12,16,18H,4,7-8,10H2,1-2H3. The molecule has 19 heavy (non-hydrogen) atoms. The number of amides is 1. The molecule has 1 saturated heterocycles. The number of aliphatic hydroxyl groups is 1. The van der Waals surface area contributed by atoms with E-state index in [0.29, 0.717) is 13.0 Å². The molecule has 2 N–H and O–H groups in total. The summed E-state index contributed by atoms with van der Waals surface area (Å²) in [6.07, 6.45) is 1.24. The third-order valence-electron chi connectivity index (χ3n) is 3.47. The van der Waals surface area contributed by atoms with Crippen LogP contribution in [0.1, 0.15) is 38.3 Å². The van der Waals surface area contributed by atoms with Crippen LogP contribution < -0.4 is 10.2 Å². The number of benzene rings is 1. The van der Waals surface area contributed by atoms with Gasteiger partial charge < -0.3 is 15.3 Å². The zero-order valence-electron chi connectivity index (χ0n) is 11.6. The fourth-order valence-electron chi connectivity index (χ4n) is 2.35. The summed E-state index contributed by atoms with van der Waals surface area (Å²) in [7, 11) is 0. The maximum Gasteiger partial charge on any atom is 0.227 e. The molecular weight excluding hydrogens is 240 g/mol. The predicted octanol–water partition coefficient (Wildman–Crippen LogP) is 1.84. The Morgan fingerprint density at radius 3 is 2.84 bits per heavy atom. The van der Waals surface area contributed by atoms with Gasteiger partial charge >= 0.3 is 0 Å². The highest BCUT2D eigenvalue weighted by Crippen LogP contribution is 2.24. The van der Waals surface area contributed by atoms with Crippen molar-refractivity contribution in [1.29, 1.82) is 0 Å². The van der Waals surface area contributed by atoms with Crippen LogP contribution in [0.2, 0.25) is 0 Å². The number of nitrogens with zero attached hydrogens (tertiary/aromatic N) is 1. The highest BCUT2D eigenvalue weighted by Gasteiger charge is 2.22. The van der Waals surface area contributed by atoms with Crippen molar-refractivity contribution in [3.8, 4) is 0 Å². The monoisotopic (exact) mass is 262 g/mol. The van der Waals surface area contributed by atoms with Gasteiger partial charge in [-0.05, 0) is 38.0 Å². The summed E-state index contributed by atoms with van der Waals surface area (Å²) in [5.74, 6) is 0.210. The number of carbonyl (C=O) groups is 1. The lowest BCUT2D eigenvalue weighted by atomic mass is 10.1. The minimum atomic E-state index is -0.356. The Morgan fingerprint density at radius 1 is 1.42 bits per heavy atom. The maximum atomic E-state index is 11.7. The second-order valence-corrected chi connectivity index (χ2v) is 5.22. The van der Waals surface area contributed by atoms with E-state index in [1.807, 2.05) is 23.1 Å². The highest BCUT2D eigenvalue weighted by atomic mass is 16.3. The lowest BCUT2D eigenvalue weighted by molar-refractivity contribution is -0.117. The van der Waals surface area contributed by atoms with Crippen molar-refractivity contribution in [2.75, 3.05) is 18.0 Å². The van der Waals surface area contributed by atoms with Crippen LogP contribution in [0.5, 0.6) is 0 Å². The van der Waals surface area contributed by atoms with E-state index in [1.165, 1.54) is 0 Å². The van der Waals surface area contributed by atoms with Gasteiger partial charge in [-0.1, -0.05) is 12.1 Å². The minimum Gasteiger partial charge on any atom is -0.392 e. The molecule has 1 amide bonds. The Balaban J connectivity index is 2.08. The third-order valence-corrected chi connectivity index (χ3v) is 3.47. The van der Waals surface area contributed by atoms with Gasteiger partial charge in [-0.15, -0.1) is 0 Å². The van der Waals surface area contributed by atoms with E-state index < -0.39 is 0 Å². The van der Waals surface area contributed by atoms with E-state index in [2.05, 4.69) is 18.3 Å². The molecule has 0 saturated carbocycles. The van der Waals surface area contributed by atoms with Crippen molar-refractivity contribution in [3.63, 3.8) is 0 Å². The first-order valence-electron chi connectivity index (χ1n) is 6.89. The van der Waals surface area contributed by atoms with Crippen LogP contribution in [0.4, 0.5) is 5.69 Å². The summed E-state index contributed by atoms with van der Waals surface area (Å²) < 4.78 is 0. The van der Waals surface area contributed by atoms with E-state index >= 15 is 0 Å². The normalized spacial score (nSPS) is 18.7. The number of anilines is 1. The molecule has 4 nitrogen and oxygen atoms in total. The maximum absolute atomic E-state index is 11.7. The average molecular weight is 262 g/mol. The SMILES string of the molecule is CC(O)CNC(C)c1cccc(N2CCCC2=O)c1. The third kappa shape index (κ3) is 3.55. The van der Waals surface area contributed by atoms with Crippen molar-refractivity contribution in [2.45, 2.75) is 38.8 Å². The molecule has 0 aromatic heterocycles. The second-order valence-electron chi connectivity index (χ2n) is 5.22. The minimum absolute atomic E-state index is 0.159. The van der Waals surface area contributed by atoms with Crippen molar-refractivity contribution < 1.29 is 9.90 Å². The summed E-state index contributed by atoms with van der Waals surface area (Å²) in [4.78, 5) is 13.6. The molecule has 4 heteroatoms. The first-order valence-corrected chi connectivity index (χ1v) is 6.89. The van der Waals surface area contributed by atoms with Gasteiger partial charge in [-0.2, -0.15) is 0 Å². The molecule has 0 bridgehead atoms. The Labute approximate surface area is 114 Å². The summed E-state index contributed by atoms with van der Waals surface area (Å²) in [5.41, 5.74) is 2.11. The van der Waals surface area contributed by atoms with Crippen molar-refractivity contribution >= 4 is 11.6 Å². The summed E-state index contributed by atoms with van der Waals surface area (Å²) in [6.45, 7) is 5.21. The fraction of sp³-hybridized carbons (Fsp3) is 0.533. The molecule has 0 aliphatic carbocycles. The topological polar surface area (TPSA) is 52.6 Å². The average Bonchev–Trinajstić information content (AvgIpc) is 2.82. The number of aliphatic hydroxyl groups excluding tert-OH is 1. The van der Waals surface area contributed by atoms with Gasteiger partial charge in [0.15, 0.2) is 0 Å². The van der Waals surface area contributed by atoms with Crippen LogP contribution in [-0.4, -0.2) is 30.2 Å². The first kappa shape index (κ1) is 14.0. The number of hydrogen-bond acceptors (Lipinski definition) is 3. The molecule has 1 heterocycles. The smallest absolute Gasteiger partial charge is 0.227 e. The predicted molar refractivity (Wildman–Crippen MR) is 76.1 cm³/mol. The second kappa shape index (κ2) is 6.17. The first-order chi connectivity index (χ1) is 9.08. The van der Waals surface area contributed by atoms with Crippen LogP contribution >= 0.6 is 0 Å². The molecule has 1 aromatic carbocycles. The van der Waals surface area contributed by atoms with E-state index in [9.17, 15) is 9.90 Å². The van der Waals surface area contributed by atoms with Crippen molar-refractivity contribution in [3.05, 3.63) is 29.8 Å². The van der Waals surface area contributed by atoms with Gasteiger partial charge in [-0.25, -0.2) is 0 Å². The number of hydrogen-bond donors (Lipinski definition) is 2. The molecule has 104 valence electrons. The summed E-state index contributed by atoms with van der Waals surface area (Å²) in [5, 5.41) is 12.6. The molecule has 0 spiro atoms. The van der Waals surface area contributed by atoms with Gasteiger partial charge in [0, 0.05) is 31.2 Å². The number of rotatable bonds is 5. The van der Waals surface area contributed by atoms with E-state index in [4.69, 9.17) is 0 Å². The highest BCUT2D eigenvalue weighted by molar-refractivity contribution is 5.95. The van der Waals surface area contributed by atoms with Gasteiger partial charge in [0.1, 0.15) is 0 Å². The van der Waals surface area contributed by atoms with Crippen LogP contribution in [0.25, 0.3) is 0 Å². The Bertz CT molecular complexity index is 446. The lowest BCUT2D eigenvalue weighted by Crippen LogP contribution is -2.27. The zero-order chi connectivity index (χ0) is 13.8. The number of nitrogens with one attached hydrogen (secondary N) is 1. The molecule has 2 rings (SSSR count). The quantitative estimate of drug-likeness (QED) is 0.851. The Morgan fingerprint density at radius 2 is 2.21 bits per heavy atom. The Hall–Kier alpha value is -1.39. The Kier molecular flexibility index (Phi) is 4.56. The molecule has 1 aromatic rings. The zero-order valence-corrected chi connectivity index (χ0v) is 11.6. The van der Waals surface area contributed by atoms with Gasteiger partial charge in [-0.3, -0.25) is 4.79 Å². The molecule has 1 aliphatic rings. The molecule has 2 unspecified atom stereocenters. The molecule has 0 radical (unpaired) electrons. The number of carbonyl (C=O) groups excluding carboxylic acids is 1. The molecule has 1 aliphatic heterocycles. The summed E-state index contributed by atoms with van der Waals surface area (Å²) >= 11 is 0.